The SMILES string of the molecule is CC(C)(C)OC(=O)N1CCC(CNCc2cnco2)C1. The summed E-state index contributed by atoms with van der Waals surface area (Å²) in [6, 6.07) is 0. The summed E-state index contributed by atoms with van der Waals surface area (Å²) in [6.07, 6.45) is 3.92. The molecule has 0 spiro atoms. The summed E-state index contributed by atoms with van der Waals surface area (Å²) >= 11 is 0. The summed E-state index contributed by atoms with van der Waals surface area (Å²) in [5, 5.41) is 3.32. The third kappa shape index (κ3) is 4.52. The average molecular weight is 281 g/mol. The Kier molecular flexibility index (Phi) is 4.65. The van der Waals surface area contributed by atoms with Crippen molar-refractivity contribution >= 4 is 6.09 Å². The second-order valence-electron chi connectivity index (χ2n) is 6.18. The van der Waals surface area contributed by atoms with Crippen LogP contribution in [-0.4, -0.2) is 41.2 Å². The highest BCUT2D eigenvalue weighted by atomic mass is 16.6. The molecule has 0 radical (unpaired) electrons. The monoisotopic (exact) mass is 281 g/mol. The predicted molar refractivity (Wildman–Crippen MR) is 74.1 cm³/mol. The second kappa shape index (κ2) is 6.26. The van der Waals surface area contributed by atoms with Gasteiger partial charge >= 0.3 is 6.09 Å². The summed E-state index contributed by atoms with van der Waals surface area (Å²) < 4.78 is 10.5. The highest BCUT2D eigenvalue weighted by Gasteiger charge is 2.29. The standard InChI is InChI=1S/C14H23N3O3/c1-14(2,3)20-13(18)17-5-4-11(9-17)6-15-7-12-8-16-10-19-12/h8,10-11,15H,4-7,9H2,1-3H3. The number of hydrogen-bond donors (Lipinski definition) is 1. The van der Waals surface area contributed by atoms with E-state index in [0.717, 1.165) is 31.8 Å². The van der Waals surface area contributed by atoms with Crippen molar-refractivity contribution in [3.63, 3.8) is 0 Å². The predicted octanol–water partition coefficient (Wildman–Crippen LogP) is 2.02. The lowest BCUT2D eigenvalue weighted by Gasteiger charge is -2.24. The molecule has 1 saturated heterocycles. The number of amides is 1. The molecule has 0 bridgehead atoms. The zero-order valence-electron chi connectivity index (χ0n) is 12.4. The van der Waals surface area contributed by atoms with Crippen LogP contribution in [0.4, 0.5) is 4.79 Å². The number of carbonyl (C=O) groups is 1. The van der Waals surface area contributed by atoms with Crippen molar-refractivity contribution in [3.8, 4) is 0 Å². The molecular formula is C14H23N3O3. The molecule has 1 N–H and O–H groups in total. The van der Waals surface area contributed by atoms with Gasteiger partial charge in [0.25, 0.3) is 0 Å². The molecule has 1 unspecified atom stereocenters. The van der Waals surface area contributed by atoms with Crippen molar-refractivity contribution in [2.75, 3.05) is 19.6 Å². The molecule has 1 amide bonds. The lowest BCUT2D eigenvalue weighted by molar-refractivity contribution is 0.0288. The van der Waals surface area contributed by atoms with Crippen molar-refractivity contribution in [1.29, 1.82) is 0 Å². The topological polar surface area (TPSA) is 67.6 Å². The fourth-order valence-electron chi connectivity index (χ4n) is 2.22. The number of likely N-dealkylation sites (tertiary alicyclic amines) is 1. The first-order valence-electron chi connectivity index (χ1n) is 7.00. The highest BCUT2D eigenvalue weighted by Crippen LogP contribution is 2.19. The van der Waals surface area contributed by atoms with Crippen LogP contribution < -0.4 is 5.32 Å². The molecule has 0 saturated carbocycles. The van der Waals surface area contributed by atoms with Gasteiger partial charge in [0.15, 0.2) is 6.39 Å². The Hall–Kier alpha value is -1.56. The molecule has 2 rings (SSSR count). The van der Waals surface area contributed by atoms with E-state index in [0.29, 0.717) is 12.5 Å². The molecule has 1 aromatic heterocycles. The molecule has 1 atom stereocenters. The summed E-state index contributed by atoms with van der Waals surface area (Å²) in [5.41, 5.74) is -0.431. The van der Waals surface area contributed by atoms with Crippen LogP contribution in [0.5, 0.6) is 0 Å². The van der Waals surface area contributed by atoms with E-state index in [9.17, 15) is 4.79 Å². The van der Waals surface area contributed by atoms with Crippen LogP contribution in [0.15, 0.2) is 17.0 Å². The molecule has 1 aromatic rings. The van der Waals surface area contributed by atoms with E-state index in [2.05, 4.69) is 10.3 Å². The maximum Gasteiger partial charge on any atom is 0.410 e. The van der Waals surface area contributed by atoms with E-state index in [1.165, 1.54) is 6.39 Å². The maximum atomic E-state index is 11.9. The Morgan fingerprint density at radius 3 is 3.05 bits per heavy atom. The molecule has 20 heavy (non-hydrogen) atoms. The van der Waals surface area contributed by atoms with Crippen molar-refractivity contribution in [3.05, 3.63) is 18.4 Å². The van der Waals surface area contributed by atoms with E-state index >= 15 is 0 Å². The molecule has 112 valence electrons. The van der Waals surface area contributed by atoms with E-state index in [1.54, 1.807) is 11.1 Å². The summed E-state index contributed by atoms with van der Waals surface area (Å²) in [5.74, 6) is 1.29. The van der Waals surface area contributed by atoms with Crippen LogP contribution in [-0.2, 0) is 11.3 Å². The van der Waals surface area contributed by atoms with Crippen molar-refractivity contribution in [2.24, 2.45) is 5.92 Å². The molecule has 0 aromatic carbocycles. The minimum atomic E-state index is -0.431. The number of hydrogen-bond acceptors (Lipinski definition) is 5. The Balaban J connectivity index is 1.68. The van der Waals surface area contributed by atoms with Gasteiger partial charge in [-0.1, -0.05) is 0 Å². The number of aromatic nitrogens is 1. The lowest BCUT2D eigenvalue weighted by atomic mass is 10.1. The van der Waals surface area contributed by atoms with Crippen molar-refractivity contribution in [1.82, 2.24) is 15.2 Å². The Morgan fingerprint density at radius 1 is 1.60 bits per heavy atom. The number of rotatable bonds is 4. The van der Waals surface area contributed by atoms with E-state index in [1.807, 2.05) is 20.8 Å². The number of nitrogens with one attached hydrogen (secondary N) is 1. The second-order valence-corrected chi connectivity index (χ2v) is 6.18. The quantitative estimate of drug-likeness (QED) is 0.914. The Labute approximate surface area is 119 Å². The van der Waals surface area contributed by atoms with Crippen LogP contribution in [0.3, 0.4) is 0 Å². The summed E-state index contributed by atoms with van der Waals surface area (Å²) in [6.45, 7) is 8.71. The van der Waals surface area contributed by atoms with Crippen LogP contribution in [0.1, 0.15) is 33.0 Å². The molecule has 1 aliphatic rings. The van der Waals surface area contributed by atoms with Gasteiger partial charge in [-0.25, -0.2) is 9.78 Å². The van der Waals surface area contributed by atoms with Gasteiger partial charge in [0.1, 0.15) is 11.4 Å². The molecule has 6 nitrogen and oxygen atoms in total. The van der Waals surface area contributed by atoms with Gasteiger partial charge in [0.05, 0.1) is 12.7 Å². The van der Waals surface area contributed by atoms with Gasteiger partial charge < -0.3 is 19.4 Å². The highest BCUT2D eigenvalue weighted by molar-refractivity contribution is 5.68. The normalized spacial score (nSPS) is 19.4. The van der Waals surface area contributed by atoms with Gasteiger partial charge in [-0.05, 0) is 33.1 Å². The third-order valence-corrected chi connectivity index (χ3v) is 3.15. The Morgan fingerprint density at radius 2 is 2.40 bits per heavy atom. The fourth-order valence-corrected chi connectivity index (χ4v) is 2.22. The number of nitrogens with zero attached hydrogens (tertiary/aromatic N) is 2. The molecule has 0 aliphatic carbocycles. The largest absolute Gasteiger partial charge is 0.447 e. The number of oxazole rings is 1. The van der Waals surface area contributed by atoms with Gasteiger partial charge in [-0.2, -0.15) is 0 Å². The first-order valence-corrected chi connectivity index (χ1v) is 7.00. The first-order chi connectivity index (χ1) is 9.44. The van der Waals surface area contributed by atoms with Crippen LogP contribution >= 0.6 is 0 Å². The van der Waals surface area contributed by atoms with Crippen molar-refractivity contribution in [2.45, 2.75) is 39.3 Å². The fraction of sp³-hybridized carbons (Fsp3) is 0.714. The van der Waals surface area contributed by atoms with Gasteiger partial charge in [-0.15, -0.1) is 0 Å². The smallest absolute Gasteiger partial charge is 0.410 e. The summed E-state index contributed by atoms with van der Waals surface area (Å²) in [4.78, 5) is 17.6. The van der Waals surface area contributed by atoms with E-state index in [4.69, 9.17) is 9.15 Å². The minimum absolute atomic E-state index is 0.213. The summed E-state index contributed by atoms with van der Waals surface area (Å²) in [7, 11) is 0. The molecular weight excluding hydrogens is 258 g/mol. The average Bonchev–Trinajstić information content (AvgIpc) is 2.97. The zero-order chi connectivity index (χ0) is 14.6. The van der Waals surface area contributed by atoms with Gasteiger partial charge in [0, 0.05) is 19.6 Å². The van der Waals surface area contributed by atoms with Gasteiger partial charge in [0.2, 0.25) is 0 Å². The zero-order valence-corrected chi connectivity index (χ0v) is 12.4. The Bertz CT molecular complexity index is 425. The third-order valence-electron chi connectivity index (χ3n) is 3.15. The van der Waals surface area contributed by atoms with Crippen molar-refractivity contribution < 1.29 is 13.9 Å². The minimum Gasteiger partial charge on any atom is -0.447 e. The van der Waals surface area contributed by atoms with E-state index < -0.39 is 5.60 Å². The van der Waals surface area contributed by atoms with E-state index in [-0.39, 0.29) is 6.09 Å². The molecule has 2 heterocycles. The number of ether oxygens (including phenoxy) is 1. The van der Waals surface area contributed by atoms with Crippen LogP contribution in [0.25, 0.3) is 0 Å². The lowest BCUT2D eigenvalue weighted by Crippen LogP contribution is -2.36. The molecule has 6 heteroatoms. The van der Waals surface area contributed by atoms with Crippen LogP contribution in [0, 0.1) is 5.92 Å². The molecule has 1 fully saturated rings. The van der Waals surface area contributed by atoms with Crippen LogP contribution in [0.2, 0.25) is 0 Å². The maximum absolute atomic E-state index is 11.9. The van der Waals surface area contributed by atoms with Gasteiger partial charge in [-0.3, -0.25) is 0 Å². The molecule has 1 aliphatic heterocycles. The first kappa shape index (κ1) is 14.8. The number of carbonyl (C=O) groups excluding carboxylic acids is 1.